The topological polar surface area (TPSA) is 81.7 Å². The quantitative estimate of drug-likeness (QED) is 0.602. The Balaban J connectivity index is 2.11. The summed E-state index contributed by atoms with van der Waals surface area (Å²) in [5, 5.41) is 13.7. The lowest BCUT2D eigenvalue weighted by molar-refractivity contribution is -0.123. The molecule has 0 aromatic heterocycles. The van der Waals surface area contributed by atoms with Gasteiger partial charge in [0.25, 0.3) is 0 Å². The van der Waals surface area contributed by atoms with E-state index in [1.807, 2.05) is 18.7 Å². The van der Waals surface area contributed by atoms with Crippen molar-refractivity contribution in [1.29, 1.82) is 0 Å². The molecule has 0 aliphatic carbocycles. The normalized spacial score (nSPS) is 16.7. The molecule has 0 aromatic carbocycles. The first-order valence-corrected chi connectivity index (χ1v) is 5.92. The van der Waals surface area contributed by atoms with Crippen LogP contribution in [0, 0.1) is 11.8 Å². The van der Waals surface area contributed by atoms with Gasteiger partial charge in [0.05, 0.1) is 6.54 Å². The maximum absolute atomic E-state index is 11.4. The number of urea groups is 1. The van der Waals surface area contributed by atoms with E-state index in [0.717, 1.165) is 13.1 Å². The van der Waals surface area contributed by atoms with Crippen LogP contribution in [0.15, 0.2) is 0 Å². The van der Waals surface area contributed by atoms with E-state index in [1.165, 1.54) is 0 Å². The van der Waals surface area contributed by atoms with E-state index in [-0.39, 0.29) is 25.0 Å². The fraction of sp³-hybridized carbons (Fsp3) is 0.818. The molecule has 3 N–H and O–H groups in total. The molecule has 17 heavy (non-hydrogen) atoms. The minimum absolute atomic E-state index is 0.160. The third kappa shape index (κ3) is 5.14. The van der Waals surface area contributed by atoms with Crippen LogP contribution >= 0.6 is 0 Å². The van der Waals surface area contributed by atoms with Gasteiger partial charge in [-0.25, -0.2) is 4.79 Å². The van der Waals surface area contributed by atoms with Gasteiger partial charge in [0, 0.05) is 32.2 Å². The van der Waals surface area contributed by atoms with E-state index in [2.05, 4.69) is 10.6 Å². The number of carbonyl (C=O) groups excluding carboxylic acids is 2. The number of nitrogens with zero attached hydrogens (tertiary/aromatic N) is 1. The van der Waals surface area contributed by atoms with Crippen molar-refractivity contribution in [3.8, 4) is 0 Å². The number of carbonyl (C=O) groups is 2. The molecule has 6 heteroatoms. The average Bonchev–Trinajstić information content (AvgIpc) is 2.19. The molecule has 98 valence electrons. The molecule has 0 atom stereocenters. The number of rotatable bonds is 5. The summed E-state index contributed by atoms with van der Waals surface area (Å²) >= 11 is 0. The largest absolute Gasteiger partial charge is 0.396 e. The lowest BCUT2D eigenvalue weighted by Crippen LogP contribution is -2.53. The third-order valence-electron chi connectivity index (χ3n) is 2.58. The molecule has 1 heterocycles. The van der Waals surface area contributed by atoms with Crippen LogP contribution in [-0.2, 0) is 4.79 Å². The molecular formula is C11H21N3O3. The fourth-order valence-corrected chi connectivity index (χ4v) is 1.63. The number of nitrogens with one attached hydrogen (secondary N) is 2. The molecule has 0 aromatic rings. The highest BCUT2D eigenvalue weighted by atomic mass is 16.3. The van der Waals surface area contributed by atoms with Gasteiger partial charge in [-0.1, -0.05) is 13.8 Å². The SMILES string of the molecule is CC(C)CNC(=O)NC(=O)CN1CC(CO)C1. The Hall–Kier alpha value is -1.14. The Morgan fingerprint density at radius 1 is 1.41 bits per heavy atom. The van der Waals surface area contributed by atoms with Crippen LogP contribution in [0.3, 0.4) is 0 Å². The number of amides is 3. The van der Waals surface area contributed by atoms with Crippen LogP contribution < -0.4 is 10.6 Å². The Morgan fingerprint density at radius 3 is 2.59 bits per heavy atom. The van der Waals surface area contributed by atoms with Crippen molar-refractivity contribution in [1.82, 2.24) is 15.5 Å². The van der Waals surface area contributed by atoms with E-state index in [1.54, 1.807) is 0 Å². The van der Waals surface area contributed by atoms with Crippen LogP contribution in [0.25, 0.3) is 0 Å². The highest BCUT2D eigenvalue weighted by Gasteiger charge is 2.27. The number of hydrogen-bond acceptors (Lipinski definition) is 4. The number of hydrogen-bond donors (Lipinski definition) is 3. The summed E-state index contributed by atoms with van der Waals surface area (Å²) in [7, 11) is 0. The van der Waals surface area contributed by atoms with Gasteiger partial charge in [0.15, 0.2) is 0 Å². The first-order valence-electron chi connectivity index (χ1n) is 5.92. The molecule has 0 saturated carbocycles. The zero-order chi connectivity index (χ0) is 12.8. The van der Waals surface area contributed by atoms with Crippen LogP contribution in [0.1, 0.15) is 13.8 Å². The number of likely N-dealkylation sites (tertiary alicyclic amines) is 1. The number of imide groups is 1. The molecule has 1 aliphatic rings. The number of aliphatic hydroxyl groups is 1. The zero-order valence-corrected chi connectivity index (χ0v) is 10.4. The molecule has 3 amide bonds. The van der Waals surface area contributed by atoms with Crippen molar-refractivity contribution in [2.75, 3.05) is 32.8 Å². The predicted molar refractivity (Wildman–Crippen MR) is 63.4 cm³/mol. The van der Waals surface area contributed by atoms with Crippen LogP contribution in [0.5, 0.6) is 0 Å². The standard InChI is InChI=1S/C11H21N3O3/c1-8(2)3-12-11(17)13-10(16)6-14-4-9(5-14)7-15/h8-9,15H,3-7H2,1-2H3,(H2,12,13,16,17). The van der Waals surface area contributed by atoms with Crippen molar-refractivity contribution in [2.45, 2.75) is 13.8 Å². The second-order valence-corrected chi connectivity index (χ2v) is 4.89. The Morgan fingerprint density at radius 2 is 2.06 bits per heavy atom. The molecule has 6 nitrogen and oxygen atoms in total. The van der Waals surface area contributed by atoms with E-state index < -0.39 is 6.03 Å². The molecule has 0 bridgehead atoms. The maximum Gasteiger partial charge on any atom is 0.321 e. The molecule has 0 radical (unpaired) electrons. The summed E-state index contributed by atoms with van der Waals surface area (Å²) in [5.74, 6) is 0.330. The summed E-state index contributed by atoms with van der Waals surface area (Å²) in [6, 6.07) is -0.442. The highest BCUT2D eigenvalue weighted by molar-refractivity contribution is 5.95. The van der Waals surface area contributed by atoms with Gasteiger partial charge in [0.2, 0.25) is 5.91 Å². The molecule has 0 spiro atoms. The van der Waals surface area contributed by atoms with Crippen molar-refractivity contribution in [3.63, 3.8) is 0 Å². The van der Waals surface area contributed by atoms with Crippen LogP contribution in [0.4, 0.5) is 4.79 Å². The van der Waals surface area contributed by atoms with Crippen molar-refractivity contribution < 1.29 is 14.7 Å². The monoisotopic (exact) mass is 243 g/mol. The molecule has 0 unspecified atom stereocenters. The second-order valence-electron chi connectivity index (χ2n) is 4.89. The fourth-order valence-electron chi connectivity index (χ4n) is 1.63. The van der Waals surface area contributed by atoms with E-state index >= 15 is 0 Å². The first kappa shape index (κ1) is 13.9. The Labute approximate surface area is 101 Å². The van der Waals surface area contributed by atoms with Crippen molar-refractivity contribution in [3.05, 3.63) is 0 Å². The molecular weight excluding hydrogens is 222 g/mol. The van der Waals surface area contributed by atoms with Crippen LogP contribution in [0.2, 0.25) is 0 Å². The van der Waals surface area contributed by atoms with Gasteiger partial charge < -0.3 is 10.4 Å². The van der Waals surface area contributed by atoms with Gasteiger partial charge >= 0.3 is 6.03 Å². The molecule has 1 aliphatic heterocycles. The van der Waals surface area contributed by atoms with Crippen LogP contribution in [-0.4, -0.2) is 54.7 Å². The average molecular weight is 243 g/mol. The minimum atomic E-state index is -0.442. The van der Waals surface area contributed by atoms with E-state index in [0.29, 0.717) is 12.5 Å². The van der Waals surface area contributed by atoms with Gasteiger partial charge in [-0.05, 0) is 5.92 Å². The molecule has 1 rings (SSSR count). The van der Waals surface area contributed by atoms with Crippen molar-refractivity contribution in [2.24, 2.45) is 11.8 Å². The van der Waals surface area contributed by atoms with Gasteiger partial charge in [-0.15, -0.1) is 0 Å². The smallest absolute Gasteiger partial charge is 0.321 e. The van der Waals surface area contributed by atoms with Gasteiger partial charge in [-0.2, -0.15) is 0 Å². The molecule has 1 fully saturated rings. The lowest BCUT2D eigenvalue weighted by Gasteiger charge is -2.37. The number of aliphatic hydroxyl groups excluding tert-OH is 1. The second kappa shape index (κ2) is 6.56. The predicted octanol–water partition coefficient (Wildman–Crippen LogP) is -0.608. The Bertz CT molecular complexity index is 275. The molecule has 1 saturated heterocycles. The highest BCUT2D eigenvalue weighted by Crippen LogP contribution is 2.13. The summed E-state index contributed by atoms with van der Waals surface area (Å²) < 4.78 is 0. The lowest BCUT2D eigenvalue weighted by atomic mass is 10.0. The van der Waals surface area contributed by atoms with E-state index in [4.69, 9.17) is 5.11 Å². The summed E-state index contributed by atoms with van der Waals surface area (Å²) in [6.07, 6.45) is 0. The minimum Gasteiger partial charge on any atom is -0.396 e. The third-order valence-corrected chi connectivity index (χ3v) is 2.58. The summed E-state index contributed by atoms with van der Waals surface area (Å²) in [4.78, 5) is 24.6. The zero-order valence-electron chi connectivity index (χ0n) is 10.4. The van der Waals surface area contributed by atoms with Gasteiger partial charge in [-0.3, -0.25) is 15.0 Å². The Kier molecular flexibility index (Phi) is 5.37. The van der Waals surface area contributed by atoms with Gasteiger partial charge in [0.1, 0.15) is 0 Å². The van der Waals surface area contributed by atoms with E-state index in [9.17, 15) is 9.59 Å². The first-order chi connectivity index (χ1) is 8.01. The van der Waals surface area contributed by atoms with Crippen molar-refractivity contribution >= 4 is 11.9 Å². The summed E-state index contributed by atoms with van der Waals surface area (Å²) in [5.41, 5.74) is 0. The maximum atomic E-state index is 11.4. The summed E-state index contributed by atoms with van der Waals surface area (Å²) in [6.45, 7) is 6.33.